The fourth-order valence-electron chi connectivity index (χ4n) is 1.43. The highest BCUT2D eigenvalue weighted by atomic mass is 19.4. The molecule has 0 bridgehead atoms. The van der Waals surface area contributed by atoms with E-state index in [2.05, 4.69) is 0 Å². The Kier molecular flexibility index (Phi) is 3.30. The zero-order chi connectivity index (χ0) is 9.90. The standard InChI is InChI=1S/C8H12F3NO/c9-8(10,11)6-12-4-1-2-7(13)3-5-12/h1-6H2. The Bertz CT molecular complexity index is 190. The minimum Gasteiger partial charge on any atom is -0.300 e. The summed E-state index contributed by atoms with van der Waals surface area (Å²) in [6.07, 6.45) is -2.91. The summed E-state index contributed by atoms with van der Waals surface area (Å²) in [5.74, 6) is 0.0738. The van der Waals surface area contributed by atoms with Crippen LogP contribution in [0.1, 0.15) is 19.3 Å². The Morgan fingerprint density at radius 3 is 2.54 bits per heavy atom. The third-order valence-electron chi connectivity index (χ3n) is 2.04. The minimum absolute atomic E-state index is 0.0738. The molecule has 0 unspecified atom stereocenters. The van der Waals surface area contributed by atoms with E-state index in [-0.39, 0.29) is 18.7 Å². The molecule has 0 N–H and O–H groups in total. The Morgan fingerprint density at radius 1 is 1.23 bits per heavy atom. The Balaban J connectivity index is 2.38. The van der Waals surface area contributed by atoms with Crippen molar-refractivity contribution in [2.24, 2.45) is 0 Å². The molecule has 1 saturated heterocycles. The number of carbonyl (C=O) groups is 1. The maximum absolute atomic E-state index is 11.9. The summed E-state index contributed by atoms with van der Waals surface area (Å²) in [4.78, 5) is 12.2. The molecule has 76 valence electrons. The van der Waals surface area contributed by atoms with Crippen LogP contribution < -0.4 is 0 Å². The van der Waals surface area contributed by atoms with Gasteiger partial charge in [0.25, 0.3) is 0 Å². The van der Waals surface area contributed by atoms with Gasteiger partial charge in [-0.25, -0.2) is 0 Å². The molecule has 1 rings (SSSR count). The fraction of sp³-hybridized carbons (Fsp3) is 0.875. The number of likely N-dealkylation sites (tertiary alicyclic amines) is 1. The lowest BCUT2D eigenvalue weighted by atomic mass is 10.2. The van der Waals surface area contributed by atoms with Crippen molar-refractivity contribution < 1.29 is 18.0 Å². The van der Waals surface area contributed by atoms with Crippen molar-refractivity contribution in [1.82, 2.24) is 4.90 Å². The molecule has 2 nitrogen and oxygen atoms in total. The fourth-order valence-corrected chi connectivity index (χ4v) is 1.43. The van der Waals surface area contributed by atoms with Gasteiger partial charge in [-0.15, -0.1) is 0 Å². The summed E-state index contributed by atoms with van der Waals surface area (Å²) < 4.78 is 35.8. The lowest BCUT2D eigenvalue weighted by molar-refractivity contribution is -0.146. The van der Waals surface area contributed by atoms with E-state index in [0.717, 1.165) is 0 Å². The number of rotatable bonds is 1. The Morgan fingerprint density at radius 2 is 1.92 bits per heavy atom. The van der Waals surface area contributed by atoms with Crippen LogP contribution in [0.2, 0.25) is 0 Å². The topological polar surface area (TPSA) is 20.3 Å². The van der Waals surface area contributed by atoms with E-state index in [4.69, 9.17) is 0 Å². The molecule has 13 heavy (non-hydrogen) atoms. The van der Waals surface area contributed by atoms with Crippen LogP contribution in [-0.4, -0.2) is 36.5 Å². The van der Waals surface area contributed by atoms with E-state index < -0.39 is 12.7 Å². The van der Waals surface area contributed by atoms with Crippen LogP contribution in [0.15, 0.2) is 0 Å². The first-order valence-corrected chi connectivity index (χ1v) is 4.28. The zero-order valence-corrected chi connectivity index (χ0v) is 7.23. The maximum Gasteiger partial charge on any atom is 0.401 e. The first-order valence-electron chi connectivity index (χ1n) is 4.28. The second-order valence-corrected chi connectivity index (χ2v) is 3.28. The lowest BCUT2D eigenvalue weighted by Crippen LogP contribution is -2.34. The molecule has 0 aromatic carbocycles. The number of alkyl halides is 3. The van der Waals surface area contributed by atoms with E-state index in [0.29, 0.717) is 19.4 Å². The van der Waals surface area contributed by atoms with Gasteiger partial charge in [-0.05, 0) is 13.0 Å². The van der Waals surface area contributed by atoms with Crippen LogP contribution in [-0.2, 0) is 4.79 Å². The number of hydrogen-bond donors (Lipinski definition) is 0. The van der Waals surface area contributed by atoms with Crippen molar-refractivity contribution in [2.75, 3.05) is 19.6 Å². The summed E-state index contributed by atoms with van der Waals surface area (Å²) in [6.45, 7) is -0.260. The highest BCUT2D eigenvalue weighted by Crippen LogP contribution is 2.18. The molecule has 0 saturated carbocycles. The highest BCUT2D eigenvalue weighted by Gasteiger charge is 2.31. The number of ketones is 1. The summed E-state index contributed by atoms with van der Waals surface area (Å²) in [5, 5.41) is 0. The van der Waals surface area contributed by atoms with Crippen molar-refractivity contribution in [3.63, 3.8) is 0 Å². The number of carbonyl (C=O) groups excluding carboxylic acids is 1. The summed E-state index contributed by atoms with van der Waals surface area (Å²) >= 11 is 0. The molecule has 0 radical (unpaired) electrons. The third kappa shape index (κ3) is 4.26. The quantitative estimate of drug-likeness (QED) is 0.633. The van der Waals surface area contributed by atoms with E-state index in [1.54, 1.807) is 0 Å². The number of hydrogen-bond acceptors (Lipinski definition) is 2. The van der Waals surface area contributed by atoms with Gasteiger partial charge in [0.2, 0.25) is 0 Å². The normalized spacial score (nSPS) is 21.6. The van der Waals surface area contributed by atoms with Gasteiger partial charge in [0.15, 0.2) is 0 Å². The molecule has 0 aromatic rings. The first kappa shape index (κ1) is 10.5. The van der Waals surface area contributed by atoms with Gasteiger partial charge >= 0.3 is 6.18 Å². The molecule has 1 heterocycles. The molecule has 0 aliphatic carbocycles. The van der Waals surface area contributed by atoms with Crippen molar-refractivity contribution in [3.8, 4) is 0 Å². The van der Waals surface area contributed by atoms with Gasteiger partial charge in [-0.2, -0.15) is 13.2 Å². The Labute approximate surface area is 74.7 Å². The van der Waals surface area contributed by atoms with Gasteiger partial charge in [-0.3, -0.25) is 9.69 Å². The average molecular weight is 195 g/mol. The SMILES string of the molecule is O=C1CCCN(CC(F)(F)F)CC1. The van der Waals surface area contributed by atoms with Crippen molar-refractivity contribution in [2.45, 2.75) is 25.4 Å². The van der Waals surface area contributed by atoms with Crippen molar-refractivity contribution in [1.29, 1.82) is 0 Å². The average Bonchev–Trinajstić information content (AvgIpc) is 2.12. The van der Waals surface area contributed by atoms with Gasteiger partial charge in [0.05, 0.1) is 6.54 Å². The van der Waals surface area contributed by atoms with Crippen LogP contribution in [0.3, 0.4) is 0 Å². The molecule has 0 spiro atoms. The molecule has 1 aliphatic heterocycles. The molecule has 1 aliphatic rings. The third-order valence-corrected chi connectivity index (χ3v) is 2.04. The lowest BCUT2D eigenvalue weighted by Gasteiger charge is -2.20. The molecular formula is C8H12F3NO. The number of nitrogens with zero attached hydrogens (tertiary/aromatic N) is 1. The van der Waals surface area contributed by atoms with Gasteiger partial charge in [-0.1, -0.05) is 0 Å². The largest absolute Gasteiger partial charge is 0.401 e. The second kappa shape index (κ2) is 4.09. The monoisotopic (exact) mass is 195 g/mol. The molecule has 0 aromatic heterocycles. The highest BCUT2D eigenvalue weighted by molar-refractivity contribution is 5.78. The van der Waals surface area contributed by atoms with Crippen LogP contribution in [0.4, 0.5) is 13.2 Å². The predicted molar refractivity (Wildman–Crippen MR) is 41.4 cm³/mol. The van der Waals surface area contributed by atoms with Crippen LogP contribution in [0.5, 0.6) is 0 Å². The maximum atomic E-state index is 11.9. The number of halogens is 3. The van der Waals surface area contributed by atoms with Crippen molar-refractivity contribution >= 4 is 5.78 Å². The summed E-state index contributed by atoms with van der Waals surface area (Å²) in [7, 11) is 0. The van der Waals surface area contributed by atoms with E-state index >= 15 is 0 Å². The predicted octanol–water partition coefficient (Wildman–Crippen LogP) is 1.60. The first-order chi connectivity index (χ1) is 5.97. The Hall–Kier alpha value is -0.580. The number of Topliss-reactive ketones (excluding diaryl/α,β-unsaturated/α-hetero) is 1. The smallest absolute Gasteiger partial charge is 0.300 e. The van der Waals surface area contributed by atoms with Crippen LogP contribution in [0.25, 0.3) is 0 Å². The van der Waals surface area contributed by atoms with Gasteiger partial charge < -0.3 is 0 Å². The van der Waals surface area contributed by atoms with Crippen LogP contribution >= 0.6 is 0 Å². The molecular weight excluding hydrogens is 183 g/mol. The van der Waals surface area contributed by atoms with E-state index in [1.807, 2.05) is 0 Å². The second-order valence-electron chi connectivity index (χ2n) is 3.28. The molecule has 0 amide bonds. The zero-order valence-electron chi connectivity index (χ0n) is 7.23. The summed E-state index contributed by atoms with van der Waals surface area (Å²) in [6, 6.07) is 0. The molecule has 5 heteroatoms. The van der Waals surface area contributed by atoms with Crippen molar-refractivity contribution in [3.05, 3.63) is 0 Å². The minimum atomic E-state index is -4.15. The van der Waals surface area contributed by atoms with E-state index in [1.165, 1.54) is 4.90 Å². The van der Waals surface area contributed by atoms with Gasteiger partial charge in [0, 0.05) is 19.4 Å². The summed E-state index contributed by atoms with van der Waals surface area (Å²) in [5.41, 5.74) is 0. The van der Waals surface area contributed by atoms with Crippen LogP contribution in [0, 0.1) is 0 Å². The van der Waals surface area contributed by atoms with E-state index in [9.17, 15) is 18.0 Å². The molecule has 1 fully saturated rings. The molecule has 0 atom stereocenters. The van der Waals surface area contributed by atoms with Gasteiger partial charge in [0.1, 0.15) is 5.78 Å².